The molecule has 0 N–H and O–H groups in total. The van der Waals surface area contributed by atoms with Gasteiger partial charge in [-0.3, -0.25) is 25.1 Å². The first-order valence-corrected chi connectivity index (χ1v) is 15.4. The molecule has 0 saturated heterocycles. The molecule has 13 nitrogen and oxygen atoms in total. The van der Waals surface area contributed by atoms with E-state index in [2.05, 4.69) is 9.47 Å². The van der Waals surface area contributed by atoms with Gasteiger partial charge in [-0.2, -0.15) is 0 Å². The second-order valence-corrected chi connectivity index (χ2v) is 12.2. The molecule has 0 aliphatic carbocycles. The van der Waals surface area contributed by atoms with E-state index < -0.39 is 33.5 Å². The van der Waals surface area contributed by atoms with E-state index in [0.717, 1.165) is 18.2 Å². The Morgan fingerprint density at radius 3 is 1.56 bits per heavy atom. The summed E-state index contributed by atoms with van der Waals surface area (Å²) in [7, 11) is 2.36. The summed E-state index contributed by atoms with van der Waals surface area (Å²) in [6.07, 6.45) is -0.523. The Kier molecular flexibility index (Phi) is 12.5. The summed E-state index contributed by atoms with van der Waals surface area (Å²) >= 11 is 0. The number of benzene rings is 4. The van der Waals surface area contributed by atoms with E-state index in [4.69, 9.17) is 4.74 Å². The van der Waals surface area contributed by atoms with Crippen LogP contribution in [0.2, 0.25) is 0 Å². The molecule has 262 valence electrons. The van der Waals surface area contributed by atoms with Gasteiger partial charge in [0.1, 0.15) is 16.7 Å². The number of hydrogen-bond donors (Lipinski definition) is 0. The monoisotopic (exact) mass is 685 g/mol. The number of hydrogen-bond acceptors (Lipinski definition) is 10. The van der Waals surface area contributed by atoms with Crippen LogP contribution in [0.15, 0.2) is 84.9 Å². The predicted octanol–water partition coefficient (Wildman–Crippen LogP) is 8.56. The van der Waals surface area contributed by atoms with E-state index in [9.17, 15) is 34.6 Å². The van der Waals surface area contributed by atoms with Crippen LogP contribution in [0.5, 0.6) is 0 Å². The van der Waals surface area contributed by atoms with Gasteiger partial charge in [0.15, 0.2) is 0 Å². The summed E-state index contributed by atoms with van der Waals surface area (Å²) < 4.78 is 14.7. The van der Waals surface area contributed by atoms with Crippen molar-refractivity contribution in [2.75, 3.05) is 19.1 Å². The molecule has 0 unspecified atom stereocenters. The SMILES string of the molecule is COC(=O)c1ccc(-c2ccccc2C)cc1[N+](=O)[O-].COC(=O)c1ccc(-c2ccccc2N(C(=O)OC(C)(C)C)C(C)C)cc1[N+](=O)[O-]. The first-order chi connectivity index (χ1) is 23.5. The van der Waals surface area contributed by atoms with Gasteiger partial charge in [0.2, 0.25) is 0 Å². The maximum Gasteiger partial charge on any atom is 0.415 e. The lowest BCUT2D eigenvalue weighted by Crippen LogP contribution is -2.41. The van der Waals surface area contributed by atoms with E-state index in [1.807, 2.05) is 45.0 Å². The molecule has 50 heavy (non-hydrogen) atoms. The van der Waals surface area contributed by atoms with Crippen molar-refractivity contribution >= 4 is 35.1 Å². The van der Waals surface area contributed by atoms with Crippen LogP contribution in [0.3, 0.4) is 0 Å². The van der Waals surface area contributed by atoms with Gasteiger partial charge in [0.05, 0.1) is 29.8 Å². The van der Waals surface area contributed by atoms with Crippen molar-refractivity contribution in [1.82, 2.24) is 0 Å². The molecule has 0 saturated carbocycles. The maximum atomic E-state index is 12.9. The van der Waals surface area contributed by atoms with Gasteiger partial charge in [-0.15, -0.1) is 0 Å². The van der Waals surface area contributed by atoms with E-state index >= 15 is 0 Å². The van der Waals surface area contributed by atoms with Crippen molar-refractivity contribution in [3.8, 4) is 22.3 Å². The van der Waals surface area contributed by atoms with Gasteiger partial charge in [-0.25, -0.2) is 14.4 Å². The third kappa shape index (κ3) is 9.28. The molecule has 0 fully saturated rings. The molecule has 0 atom stereocenters. The highest BCUT2D eigenvalue weighted by atomic mass is 16.6. The number of aryl methyl sites for hydroxylation is 1. The largest absolute Gasteiger partial charge is 0.465 e. The Morgan fingerprint density at radius 1 is 0.700 bits per heavy atom. The average molecular weight is 686 g/mol. The van der Waals surface area contributed by atoms with Crippen LogP contribution < -0.4 is 4.90 Å². The van der Waals surface area contributed by atoms with Crippen molar-refractivity contribution in [2.24, 2.45) is 0 Å². The lowest BCUT2D eigenvalue weighted by Gasteiger charge is -2.31. The number of nitrogens with zero attached hydrogens (tertiary/aromatic N) is 3. The number of esters is 2. The number of amides is 1. The van der Waals surface area contributed by atoms with Gasteiger partial charge in [-0.05, 0) is 82.0 Å². The van der Waals surface area contributed by atoms with Crippen LogP contribution in [-0.4, -0.2) is 53.7 Å². The third-order valence-corrected chi connectivity index (χ3v) is 7.24. The molecule has 0 aliphatic rings. The maximum absolute atomic E-state index is 12.9. The van der Waals surface area contributed by atoms with Crippen molar-refractivity contribution in [3.05, 3.63) is 122 Å². The molecule has 0 heterocycles. The highest BCUT2D eigenvalue weighted by Gasteiger charge is 2.29. The van der Waals surface area contributed by atoms with Gasteiger partial charge < -0.3 is 14.2 Å². The van der Waals surface area contributed by atoms with Crippen molar-refractivity contribution < 1.29 is 38.4 Å². The second-order valence-electron chi connectivity index (χ2n) is 12.2. The zero-order valence-corrected chi connectivity index (χ0v) is 29.1. The molecule has 0 aliphatic heterocycles. The molecular formula is C37H39N3O10. The summed E-state index contributed by atoms with van der Waals surface area (Å²) in [6.45, 7) is 11.0. The summed E-state index contributed by atoms with van der Waals surface area (Å²) in [4.78, 5) is 59.2. The van der Waals surface area contributed by atoms with Crippen molar-refractivity contribution in [1.29, 1.82) is 0 Å². The highest BCUT2D eigenvalue weighted by molar-refractivity contribution is 5.98. The summed E-state index contributed by atoms with van der Waals surface area (Å²) in [5, 5.41) is 22.6. The molecule has 13 heteroatoms. The molecule has 0 radical (unpaired) electrons. The molecule has 4 aromatic carbocycles. The molecular weight excluding hydrogens is 646 g/mol. The van der Waals surface area contributed by atoms with Gasteiger partial charge in [0.25, 0.3) is 11.4 Å². The third-order valence-electron chi connectivity index (χ3n) is 7.24. The number of ether oxygens (including phenoxy) is 3. The molecule has 0 aromatic heterocycles. The number of nitro groups is 2. The molecule has 0 bridgehead atoms. The fraction of sp³-hybridized carbons (Fsp3) is 0.270. The predicted molar refractivity (Wildman–Crippen MR) is 188 cm³/mol. The smallest absolute Gasteiger partial charge is 0.415 e. The van der Waals surface area contributed by atoms with E-state index in [0.29, 0.717) is 22.4 Å². The van der Waals surface area contributed by atoms with Crippen molar-refractivity contribution in [3.63, 3.8) is 0 Å². The Labute approximate surface area is 289 Å². The standard InChI is InChI=1S/C22H26N2O6.C15H13NO4/c1-14(2)23(21(26)30-22(3,4)5)18-10-8-7-9-16(18)15-11-12-17(20(25)29-6)19(13-15)24(27)28;1-10-5-3-4-6-12(10)11-7-8-13(15(17)20-2)14(9-11)16(18)19/h7-14H,1-6H3;3-9H,1-2H3. The lowest BCUT2D eigenvalue weighted by atomic mass is 9.98. The molecule has 1 amide bonds. The number of methoxy groups -OCH3 is 2. The fourth-order valence-electron chi connectivity index (χ4n) is 4.99. The van der Waals surface area contributed by atoms with E-state index in [1.165, 1.54) is 36.3 Å². The molecule has 0 spiro atoms. The van der Waals surface area contributed by atoms with Crippen LogP contribution in [0.1, 0.15) is 60.9 Å². The Morgan fingerprint density at radius 2 is 1.14 bits per heavy atom. The molecule has 4 aromatic rings. The van der Waals surface area contributed by atoms with E-state index in [-0.39, 0.29) is 28.5 Å². The van der Waals surface area contributed by atoms with Crippen LogP contribution in [0.4, 0.5) is 21.9 Å². The summed E-state index contributed by atoms with van der Waals surface area (Å²) in [5.74, 6) is -1.51. The topological polar surface area (TPSA) is 168 Å². The number of anilines is 1. The number of para-hydroxylation sites is 1. The Bertz CT molecular complexity index is 1910. The minimum Gasteiger partial charge on any atom is -0.465 e. The van der Waals surface area contributed by atoms with Crippen LogP contribution in [0, 0.1) is 27.2 Å². The Balaban J connectivity index is 0.000000292. The lowest BCUT2D eigenvalue weighted by molar-refractivity contribution is -0.385. The number of carbonyl (C=O) groups is 3. The Hall–Kier alpha value is -6.11. The van der Waals surface area contributed by atoms with Crippen molar-refractivity contribution in [2.45, 2.75) is 53.2 Å². The number of carbonyl (C=O) groups excluding carboxylic acids is 3. The van der Waals surface area contributed by atoms with Crippen LogP contribution in [0.25, 0.3) is 22.3 Å². The van der Waals surface area contributed by atoms with Gasteiger partial charge >= 0.3 is 18.0 Å². The fourth-order valence-corrected chi connectivity index (χ4v) is 4.99. The number of nitro benzene ring substituents is 2. The van der Waals surface area contributed by atoms with Gasteiger partial charge in [0, 0.05) is 23.7 Å². The quantitative estimate of drug-likeness (QED) is 0.0758. The highest BCUT2D eigenvalue weighted by Crippen LogP contribution is 2.36. The molecule has 4 rings (SSSR count). The summed E-state index contributed by atoms with van der Waals surface area (Å²) in [6, 6.07) is 23.1. The van der Waals surface area contributed by atoms with E-state index in [1.54, 1.807) is 57.2 Å². The minimum atomic E-state index is -0.793. The van der Waals surface area contributed by atoms with Crippen LogP contribution >= 0.6 is 0 Å². The number of rotatable bonds is 8. The summed E-state index contributed by atoms with van der Waals surface area (Å²) in [5.41, 5.74) is 2.73. The normalized spacial score (nSPS) is 10.7. The average Bonchev–Trinajstić information content (AvgIpc) is 3.06. The zero-order chi connectivity index (χ0) is 37.3. The zero-order valence-electron chi connectivity index (χ0n) is 29.1. The second kappa shape index (κ2) is 16.3. The first kappa shape index (κ1) is 38.3. The first-order valence-electron chi connectivity index (χ1n) is 15.4. The van der Waals surface area contributed by atoms with Crippen LogP contribution in [-0.2, 0) is 14.2 Å². The minimum absolute atomic E-state index is 0.0464. The van der Waals surface area contributed by atoms with Gasteiger partial charge in [-0.1, -0.05) is 54.6 Å².